The van der Waals surface area contributed by atoms with Gasteiger partial charge in [-0.05, 0) is 24.5 Å². The van der Waals surface area contributed by atoms with Gasteiger partial charge in [0.2, 0.25) is 0 Å². The van der Waals surface area contributed by atoms with E-state index < -0.39 is 0 Å². The predicted molar refractivity (Wildman–Crippen MR) is 80.4 cm³/mol. The van der Waals surface area contributed by atoms with Crippen LogP contribution in [0.4, 0.5) is 0 Å². The Morgan fingerprint density at radius 3 is 3.00 bits per heavy atom. The number of nitrogens with one attached hydrogen (secondary N) is 2. The van der Waals surface area contributed by atoms with E-state index >= 15 is 0 Å². The topological polar surface area (TPSA) is 65.2 Å². The Balaban J connectivity index is 1.73. The van der Waals surface area contributed by atoms with E-state index in [1.54, 1.807) is 6.07 Å². The minimum absolute atomic E-state index is 0.0611. The average molecular weight is 283 g/mol. The number of fused-ring (bicyclic) bond motifs is 2. The predicted octanol–water partition coefficient (Wildman–Crippen LogP) is 0.962. The van der Waals surface area contributed by atoms with Crippen LogP contribution in [0.25, 0.3) is 10.9 Å². The molecule has 2 aliphatic rings. The standard InChI is InChI=1S/C16H17N3O2/c20-15-7-13(18-12-4-2-1-3-11(12)15)16(21)19-6-5-10-8-17-9-14(10)19/h1-4,7,10,14,17H,5-6,8-9H2,(H,18,20)/t10-,14+/m1/s1. The summed E-state index contributed by atoms with van der Waals surface area (Å²) in [6.07, 6.45) is 1.04. The second kappa shape index (κ2) is 4.70. The van der Waals surface area contributed by atoms with Gasteiger partial charge in [0, 0.05) is 42.6 Å². The van der Waals surface area contributed by atoms with E-state index in [2.05, 4.69) is 10.3 Å². The number of likely N-dealkylation sites (tertiary alicyclic amines) is 1. The molecule has 5 nitrogen and oxygen atoms in total. The maximum absolute atomic E-state index is 12.7. The number of amides is 1. The van der Waals surface area contributed by atoms with Crippen LogP contribution in [0.5, 0.6) is 0 Å². The fraction of sp³-hybridized carbons (Fsp3) is 0.375. The Morgan fingerprint density at radius 2 is 2.10 bits per heavy atom. The van der Waals surface area contributed by atoms with Crippen LogP contribution in [-0.4, -0.2) is 41.5 Å². The molecule has 1 aromatic heterocycles. The molecule has 4 rings (SSSR count). The summed E-state index contributed by atoms with van der Waals surface area (Å²) in [5.74, 6) is 0.496. The summed E-state index contributed by atoms with van der Waals surface area (Å²) in [6.45, 7) is 2.63. The van der Waals surface area contributed by atoms with Crippen LogP contribution < -0.4 is 10.7 Å². The van der Waals surface area contributed by atoms with Gasteiger partial charge in [0.15, 0.2) is 5.43 Å². The van der Waals surface area contributed by atoms with Gasteiger partial charge in [-0.3, -0.25) is 9.59 Å². The van der Waals surface area contributed by atoms with Crippen molar-refractivity contribution in [3.63, 3.8) is 0 Å². The number of pyridine rings is 1. The van der Waals surface area contributed by atoms with Crippen molar-refractivity contribution in [2.75, 3.05) is 19.6 Å². The number of H-pyrrole nitrogens is 1. The third kappa shape index (κ3) is 1.96. The number of para-hydroxylation sites is 1. The normalized spacial score (nSPS) is 24.5. The monoisotopic (exact) mass is 283 g/mol. The lowest BCUT2D eigenvalue weighted by atomic mass is 10.1. The first-order valence-corrected chi connectivity index (χ1v) is 7.38. The molecule has 2 aliphatic heterocycles. The average Bonchev–Trinajstić information content (AvgIpc) is 3.09. The van der Waals surface area contributed by atoms with E-state index in [1.165, 1.54) is 6.07 Å². The fourth-order valence-corrected chi connectivity index (χ4v) is 3.57. The Kier molecular flexibility index (Phi) is 2.82. The van der Waals surface area contributed by atoms with Crippen molar-refractivity contribution >= 4 is 16.8 Å². The summed E-state index contributed by atoms with van der Waals surface area (Å²) in [7, 11) is 0. The molecule has 2 aromatic rings. The Morgan fingerprint density at radius 1 is 1.24 bits per heavy atom. The van der Waals surface area contributed by atoms with Crippen LogP contribution in [0, 0.1) is 5.92 Å². The van der Waals surface area contributed by atoms with Crippen LogP contribution in [0.3, 0.4) is 0 Å². The van der Waals surface area contributed by atoms with Crippen molar-refractivity contribution in [3.05, 3.63) is 46.2 Å². The maximum Gasteiger partial charge on any atom is 0.270 e. The second-order valence-corrected chi connectivity index (χ2v) is 5.87. The molecule has 0 spiro atoms. The van der Waals surface area contributed by atoms with E-state index in [9.17, 15) is 9.59 Å². The van der Waals surface area contributed by atoms with Crippen LogP contribution in [-0.2, 0) is 0 Å². The van der Waals surface area contributed by atoms with E-state index in [1.807, 2.05) is 23.1 Å². The summed E-state index contributed by atoms with van der Waals surface area (Å²) in [5.41, 5.74) is 1.01. The molecule has 1 aromatic carbocycles. The van der Waals surface area contributed by atoms with Gasteiger partial charge in [-0.15, -0.1) is 0 Å². The van der Waals surface area contributed by atoms with Gasteiger partial charge in [-0.1, -0.05) is 12.1 Å². The van der Waals surface area contributed by atoms with Crippen LogP contribution >= 0.6 is 0 Å². The zero-order valence-corrected chi connectivity index (χ0v) is 11.6. The zero-order valence-electron chi connectivity index (χ0n) is 11.6. The van der Waals surface area contributed by atoms with E-state index in [0.717, 1.165) is 26.1 Å². The fourth-order valence-electron chi connectivity index (χ4n) is 3.57. The molecule has 0 unspecified atom stereocenters. The second-order valence-electron chi connectivity index (χ2n) is 5.87. The Hall–Kier alpha value is -2.14. The molecule has 0 bridgehead atoms. The molecule has 2 atom stereocenters. The summed E-state index contributed by atoms with van der Waals surface area (Å²) in [4.78, 5) is 29.9. The van der Waals surface area contributed by atoms with Crippen molar-refractivity contribution in [3.8, 4) is 0 Å². The van der Waals surface area contributed by atoms with Gasteiger partial charge in [-0.25, -0.2) is 0 Å². The third-order valence-corrected chi connectivity index (χ3v) is 4.67. The molecule has 2 N–H and O–H groups in total. The molecular formula is C16H17N3O2. The maximum atomic E-state index is 12.7. The lowest BCUT2D eigenvalue weighted by molar-refractivity contribution is 0.0731. The smallest absolute Gasteiger partial charge is 0.270 e. The van der Waals surface area contributed by atoms with Gasteiger partial charge in [-0.2, -0.15) is 0 Å². The number of aromatic nitrogens is 1. The number of carbonyl (C=O) groups excluding carboxylic acids is 1. The van der Waals surface area contributed by atoms with Crippen LogP contribution in [0.1, 0.15) is 16.9 Å². The lowest BCUT2D eigenvalue weighted by Crippen LogP contribution is -2.39. The highest BCUT2D eigenvalue weighted by atomic mass is 16.2. The van der Waals surface area contributed by atoms with Crippen molar-refractivity contribution in [1.82, 2.24) is 15.2 Å². The quantitative estimate of drug-likeness (QED) is 0.819. The van der Waals surface area contributed by atoms with Gasteiger partial charge >= 0.3 is 0 Å². The molecule has 2 saturated heterocycles. The molecule has 0 aliphatic carbocycles. The molecule has 3 heterocycles. The first-order chi connectivity index (χ1) is 10.2. The summed E-state index contributed by atoms with van der Waals surface area (Å²) < 4.78 is 0. The molecule has 0 saturated carbocycles. The van der Waals surface area contributed by atoms with E-state index in [0.29, 0.717) is 22.5 Å². The van der Waals surface area contributed by atoms with Gasteiger partial charge in [0.1, 0.15) is 5.69 Å². The minimum atomic E-state index is -0.104. The minimum Gasteiger partial charge on any atom is -0.350 e. The molecule has 2 fully saturated rings. The molecule has 0 radical (unpaired) electrons. The first kappa shape index (κ1) is 12.6. The zero-order chi connectivity index (χ0) is 14.4. The molecule has 108 valence electrons. The molecule has 5 heteroatoms. The first-order valence-electron chi connectivity index (χ1n) is 7.38. The van der Waals surface area contributed by atoms with Gasteiger partial charge in [0.25, 0.3) is 5.91 Å². The SMILES string of the molecule is O=C(c1cc(=O)c2ccccc2[nH]1)N1CC[C@@H]2CNC[C@@H]21. The Bertz CT molecular complexity index is 767. The van der Waals surface area contributed by atoms with Crippen LogP contribution in [0.2, 0.25) is 0 Å². The molecule has 1 amide bonds. The summed E-state index contributed by atoms with van der Waals surface area (Å²) >= 11 is 0. The lowest BCUT2D eigenvalue weighted by Gasteiger charge is -2.23. The van der Waals surface area contributed by atoms with Crippen molar-refractivity contribution in [1.29, 1.82) is 0 Å². The number of aromatic amines is 1. The van der Waals surface area contributed by atoms with Crippen LogP contribution in [0.15, 0.2) is 35.1 Å². The number of carbonyl (C=O) groups is 1. The highest BCUT2D eigenvalue weighted by Gasteiger charge is 2.40. The Labute approximate surface area is 122 Å². The molecular weight excluding hydrogens is 266 g/mol. The van der Waals surface area contributed by atoms with Gasteiger partial charge < -0.3 is 15.2 Å². The molecule has 21 heavy (non-hydrogen) atoms. The van der Waals surface area contributed by atoms with Gasteiger partial charge in [0.05, 0.1) is 0 Å². The number of benzene rings is 1. The number of nitrogens with zero attached hydrogens (tertiary/aromatic N) is 1. The van der Waals surface area contributed by atoms with Crippen molar-refractivity contribution in [2.24, 2.45) is 5.92 Å². The van der Waals surface area contributed by atoms with Crippen molar-refractivity contribution < 1.29 is 4.79 Å². The number of rotatable bonds is 1. The highest BCUT2D eigenvalue weighted by Crippen LogP contribution is 2.28. The largest absolute Gasteiger partial charge is 0.350 e. The number of hydrogen-bond acceptors (Lipinski definition) is 3. The summed E-state index contributed by atoms with van der Waals surface area (Å²) in [6, 6.07) is 8.99. The highest BCUT2D eigenvalue weighted by molar-refractivity contribution is 5.95. The van der Waals surface area contributed by atoms with E-state index in [4.69, 9.17) is 0 Å². The number of hydrogen-bond donors (Lipinski definition) is 2. The third-order valence-electron chi connectivity index (χ3n) is 4.67. The summed E-state index contributed by atoms with van der Waals surface area (Å²) in [5, 5.41) is 3.96. The van der Waals surface area contributed by atoms with Crippen molar-refractivity contribution in [2.45, 2.75) is 12.5 Å². The van der Waals surface area contributed by atoms with E-state index in [-0.39, 0.29) is 17.4 Å².